The monoisotopic (exact) mass is 345 g/mol. The zero-order valence-corrected chi connectivity index (χ0v) is 14.3. The van der Waals surface area contributed by atoms with E-state index in [4.69, 9.17) is 4.74 Å². The highest BCUT2D eigenvalue weighted by molar-refractivity contribution is 7.98. The Morgan fingerprint density at radius 1 is 1.39 bits per heavy atom. The first-order valence-corrected chi connectivity index (χ1v) is 9.09. The van der Waals surface area contributed by atoms with Crippen molar-refractivity contribution in [2.45, 2.75) is 11.9 Å². The lowest BCUT2D eigenvalue weighted by atomic mass is 10.3. The van der Waals surface area contributed by atoms with E-state index < -0.39 is 0 Å². The van der Waals surface area contributed by atoms with E-state index in [9.17, 15) is 4.79 Å². The van der Waals surface area contributed by atoms with Gasteiger partial charge in [-0.25, -0.2) is 9.97 Å². The van der Waals surface area contributed by atoms with Gasteiger partial charge in [-0.3, -0.25) is 10.1 Å². The maximum absolute atomic E-state index is 12.4. The number of carbonyl (C=O) groups is 1. The lowest BCUT2D eigenvalue weighted by molar-refractivity contribution is 0.102. The van der Waals surface area contributed by atoms with Gasteiger partial charge in [0, 0.05) is 6.20 Å². The second-order valence-corrected chi connectivity index (χ2v) is 6.42. The van der Waals surface area contributed by atoms with Crippen LogP contribution < -0.4 is 10.1 Å². The molecule has 0 atom stereocenters. The van der Waals surface area contributed by atoms with Gasteiger partial charge in [-0.05, 0) is 43.5 Å². The average Bonchev–Trinajstić information content (AvgIpc) is 2.96. The van der Waals surface area contributed by atoms with Gasteiger partial charge in [0.05, 0.1) is 22.4 Å². The fraction of sp³-hybridized carbons (Fsp3) is 0.188. The highest BCUT2D eigenvalue weighted by atomic mass is 32.2. The van der Waals surface area contributed by atoms with Crippen molar-refractivity contribution in [1.29, 1.82) is 0 Å². The number of nitrogens with one attached hydrogen (secondary N) is 1. The van der Waals surface area contributed by atoms with Crippen molar-refractivity contribution >= 4 is 44.4 Å². The van der Waals surface area contributed by atoms with Crippen LogP contribution in [0.15, 0.2) is 41.6 Å². The third kappa shape index (κ3) is 3.46. The van der Waals surface area contributed by atoms with Gasteiger partial charge in [-0.2, -0.15) is 0 Å². The van der Waals surface area contributed by atoms with Crippen LogP contribution in [0.4, 0.5) is 5.13 Å². The number of carbonyl (C=O) groups excluding carboxylic acids is 1. The maximum Gasteiger partial charge on any atom is 0.260 e. The van der Waals surface area contributed by atoms with Crippen LogP contribution in [0.1, 0.15) is 17.3 Å². The van der Waals surface area contributed by atoms with Gasteiger partial charge in [0.15, 0.2) is 5.13 Å². The third-order valence-electron chi connectivity index (χ3n) is 3.10. The smallest absolute Gasteiger partial charge is 0.260 e. The molecule has 5 nitrogen and oxygen atoms in total. The van der Waals surface area contributed by atoms with Crippen LogP contribution in [0, 0.1) is 0 Å². The molecule has 0 bridgehead atoms. The van der Waals surface area contributed by atoms with E-state index in [1.807, 2.05) is 31.4 Å². The number of hydrogen-bond donors (Lipinski definition) is 1. The molecule has 0 aliphatic heterocycles. The second kappa shape index (κ2) is 6.97. The van der Waals surface area contributed by atoms with Crippen LogP contribution in [0.5, 0.6) is 5.75 Å². The minimum Gasteiger partial charge on any atom is -0.494 e. The molecule has 0 saturated heterocycles. The second-order valence-electron chi connectivity index (χ2n) is 4.60. The summed E-state index contributed by atoms with van der Waals surface area (Å²) in [6, 6.07) is 9.22. The number of ether oxygens (including phenoxy) is 1. The normalized spacial score (nSPS) is 10.7. The Balaban J connectivity index is 1.84. The molecule has 0 spiro atoms. The predicted molar refractivity (Wildman–Crippen MR) is 94.8 cm³/mol. The number of anilines is 1. The molecule has 3 aromatic rings. The fourth-order valence-corrected chi connectivity index (χ4v) is 3.54. The van der Waals surface area contributed by atoms with Crippen molar-refractivity contribution in [3.05, 3.63) is 42.1 Å². The number of amides is 1. The molecule has 1 amide bonds. The Morgan fingerprint density at radius 3 is 3.04 bits per heavy atom. The van der Waals surface area contributed by atoms with Crippen LogP contribution in [0.3, 0.4) is 0 Å². The largest absolute Gasteiger partial charge is 0.494 e. The summed E-state index contributed by atoms with van der Waals surface area (Å²) >= 11 is 2.86. The van der Waals surface area contributed by atoms with Crippen molar-refractivity contribution in [1.82, 2.24) is 9.97 Å². The molecule has 23 heavy (non-hydrogen) atoms. The van der Waals surface area contributed by atoms with Gasteiger partial charge in [-0.15, -0.1) is 11.8 Å². The molecule has 0 radical (unpaired) electrons. The third-order valence-corrected chi connectivity index (χ3v) is 4.75. The number of hydrogen-bond acceptors (Lipinski definition) is 6. The molecule has 118 valence electrons. The number of thiazole rings is 1. The van der Waals surface area contributed by atoms with Crippen LogP contribution in [0.25, 0.3) is 10.2 Å². The Labute approximate surface area is 142 Å². The Morgan fingerprint density at radius 2 is 2.26 bits per heavy atom. The number of rotatable bonds is 5. The Hall–Kier alpha value is -2.12. The summed E-state index contributed by atoms with van der Waals surface area (Å²) in [4.78, 5) is 21.1. The van der Waals surface area contributed by atoms with Crippen molar-refractivity contribution in [3.8, 4) is 5.75 Å². The SMILES string of the molecule is CCOc1ccc2nc(NC(=O)c3cccnc3SC)sc2c1. The molecular weight excluding hydrogens is 330 g/mol. The van der Waals surface area contributed by atoms with Crippen molar-refractivity contribution in [2.75, 3.05) is 18.2 Å². The number of aromatic nitrogens is 2. The van der Waals surface area contributed by atoms with Crippen molar-refractivity contribution in [3.63, 3.8) is 0 Å². The summed E-state index contributed by atoms with van der Waals surface area (Å²) in [5.41, 5.74) is 1.39. The van der Waals surface area contributed by atoms with E-state index in [0.29, 0.717) is 22.3 Å². The molecule has 1 aromatic carbocycles. The summed E-state index contributed by atoms with van der Waals surface area (Å²) in [5, 5.41) is 4.11. The molecule has 2 aromatic heterocycles. The highest BCUT2D eigenvalue weighted by Crippen LogP contribution is 2.30. The Kier molecular flexibility index (Phi) is 4.78. The number of fused-ring (bicyclic) bond motifs is 1. The van der Waals surface area contributed by atoms with Gasteiger partial charge < -0.3 is 4.74 Å². The number of nitrogens with zero attached hydrogens (tertiary/aromatic N) is 2. The first-order chi connectivity index (χ1) is 11.2. The molecule has 0 aliphatic carbocycles. The van der Waals surface area contributed by atoms with Crippen molar-refractivity contribution < 1.29 is 9.53 Å². The fourth-order valence-electron chi connectivity index (χ4n) is 2.11. The van der Waals surface area contributed by atoms with Crippen LogP contribution in [0.2, 0.25) is 0 Å². The lowest BCUT2D eigenvalue weighted by Gasteiger charge is -2.04. The maximum atomic E-state index is 12.4. The molecule has 0 fully saturated rings. The minimum atomic E-state index is -0.202. The van der Waals surface area contributed by atoms with Crippen LogP contribution >= 0.6 is 23.1 Å². The van der Waals surface area contributed by atoms with Crippen molar-refractivity contribution in [2.24, 2.45) is 0 Å². The minimum absolute atomic E-state index is 0.202. The van der Waals surface area contributed by atoms with Gasteiger partial charge in [-0.1, -0.05) is 11.3 Å². The van der Waals surface area contributed by atoms with E-state index in [1.165, 1.54) is 23.1 Å². The zero-order valence-electron chi connectivity index (χ0n) is 12.7. The molecule has 2 heterocycles. The summed E-state index contributed by atoms with van der Waals surface area (Å²) in [5.74, 6) is 0.602. The van der Waals surface area contributed by atoms with Gasteiger partial charge in [0.2, 0.25) is 0 Å². The van der Waals surface area contributed by atoms with E-state index in [2.05, 4.69) is 15.3 Å². The quantitative estimate of drug-likeness (QED) is 0.706. The van der Waals surface area contributed by atoms with Crippen LogP contribution in [-0.2, 0) is 0 Å². The standard InChI is InChI=1S/C16H15N3O2S2/c1-3-21-10-6-7-12-13(9-10)23-16(18-12)19-14(20)11-5-4-8-17-15(11)22-2/h4-9H,3H2,1-2H3,(H,18,19,20). The van der Waals surface area contributed by atoms with E-state index in [1.54, 1.807) is 18.3 Å². The van der Waals surface area contributed by atoms with Gasteiger partial charge in [0.1, 0.15) is 10.8 Å². The van der Waals surface area contributed by atoms with E-state index >= 15 is 0 Å². The molecule has 7 heteroatoms. The molecule has 1 N–H and O–H groups in total. The molecule has 0 saturated carbocycles. The highest BCUT2D eigenvalue weighted by Gasteiger charge is 2.14. The number of thioether (sulfide) groups is 1. The predicted octanol–water partition coefficient (Wildman–Crippen LogP) is 4.06. The molecule has 0 unspecified atom stereocenters. The number of pyridine rings is 1. The molecule has 0 aliphatic rings. The summed E-state index contributed by atoms with van der Waals surface area (Å²) in [7, 11) is 0. The average molecular weight is 345 g/mol. The van der Waals surface area contributed by atoms with Crippen LogP contribution in [-0.4, -0.2) is 28.7 Å². The number of benzene rings is 1. The summed E-state index contributed by atoms with van der Waals surface area (Å²) in [6.07, 6.45) is 3.57. The zero-order chi connectivity index (χ0) is 16.2. The first kappa shape index (κ1) is 15.8. The lowest BCUT2D eigenvalue weighted by Crippen LogP contribution is -2.13. The van der Waals surface area contributed by atoms with Gasteiger partial charge >= 0.3 is 0 Å². The first-order valence-electron chi connectivity index (χ1n) is 7.05. The summed E-state index contributed by atoms with van der Waals surface area (Å²) < 4.78 is 6.46. The van der Waals surface area contributed by atoms with E-state index in [0.717, 1.165) is 16.0 Å². The van der Waals surface area contributed by atoms with E-state index in [-0.39, 0.29) is 5.91 Å². The van der Waals surface area contributed by atoms with Gasteiger partial charge in [0.25, 0.3) is 5.91 Å². The Bertz CT molecular complexity index is 848. The topological polar surface area (TPSA) is 64.1 Å². The molecular formula is C16H15N3O2S2. The molecule has 3 rings (SSSR count). The summed E-state index contributed by atoms with van der Waals surface area (Å²) in [6.45, 7) is 2.56.